The maximum atomic E-state index is 12.4. The molecule has 0 saturated heterocycles. The minimum Gasteiger partial charge on any atom is -0.325 e. The SMILES string of the molecule is CC(Sc1nncn1C)C(=O)Nc1ccc(S(=O)(=O)Nc2ncccn2)cc1. The van der Waals surface area contributed by atoms with Crippen molar-refractivity contribution >= 4 is 39.3 Å². The summed E-state index contributed by atoms with van der Waals surface area (Å²) in [6.45, 7) is 1.75. The first-order valence-electron chi connectivity index (χ1n) is 8.06. The van der Waals surface area contributed by atoms with Crippen molar-refractivity contribution in [1.29, 1.82) is 0 Å². The van der Waals surface area contributed by atoms with Crippen LogP contribution >= 0.6 is 11.8 Å². The number of rotatable bonds is 7. The molecule has 0 aliphatic carbocycles. The van der Waals surface area contributed by atoms with Gasteiger partial charge in [-0.1, -0.05) is 11.8 Å². The van der Waals surface area contributed by atoms with Crippen molar-refractivity contribution in [3.8, 4) is 0 Å². The summed E-state index contributed by atoms with van der Waals surface area (Å²) >= 11 is 1.27. The van der Waals surface area contributed by atoms with Gasteiger partial charge >= 0.3 is 0 Å². The summed E-state index contributed by atoms with van der Waals surface area (Å²) in [4.78, 5) is 20.0. The summed E-state index contributed by atoms with van der Waals surface area (Å²) in [7, 11) is -2.03. The Morgan fingerprint density at radius 1 is 1.18 bits per heavy atom. The van der Waals surface area contributed by atoms with Gasteiger partial charge in [-0.05, 0) is 37.3 Å². The van der Waals surface area contributed by atoms with E-state index in [2.05, 4.69) is 30.2 Å². The van der Waals surface area contributed by atoms with Crippen molar-refractivity contribution in [1.82, 2.24) is 24.7 Å². The number of carbonyl (C=O) groups excluding carboxylic acids is 1. The van der Waals surface area contributed by atoms with E-state index in [-0.39, 0.29) is 16.8 Å². The number of nitrogens with zero attached hydrogens (tertiary/aromatic N) is 5. The zero-order valence-corrected chi connectivity index (χ0v) is 16.6. The number of aromatic nitrogens is 5. The van der Waals surface area contributed by atoms with E-state index >= 15 is 0 Å². The molecule has 0 fully saturated rings. The van der Waals surface area contributed by atoms with Crippen molar-refractivity contribution in [3.63, 3.8) is 0 Å². The van der Waals surface area contributed by atoms with Crippen LogP contribution in [0.25, 0.3) is 0 Å². The molecule has 1 atom stereocenters. The van der Waals surface area contributed by atoms with Gasteiger partial charge in [-0.2, -0.15) is 0 Å². The Morgan fingerprint density at radius 2 is 1.86 bits per heavy atom. The predicted octanol–water partition coefficient (Wildman–Crippen LogP) is 1.53. The van der Waals surface area contributed by atoms with Crippen LogP contribution in [0.5, 0.6) is 0 Å². The molecule has 1 amide bonds. The number of aryl methyl sites for hydroxylation is 1. The van der Waals surface area contributed by atoms with Gasteiger partial charge in [0.2, 0.25) is 11.9 Å². The molecule has 0 aliphatic heterocycles. The van der Waals surface area contributed by atoms with Crippen molar-refractivity contribution in [2.75, 3.05) is 10.0 Å². The highest BCUT2D eigenvalue weighted by Gasteiger charge is 2.19. The lowest BCUT2D eigenvalue weighted by Gasteiger charge is -2.12. The van der Waals surface area contributed by atoms with Gasteiger partial charge in [0.1, 0.15) is 6.33 Å². The van der Waals surface area contributed by atoms with Gasteiger partial charge < -0.3 is 9.88 Å². The van der Waals surface area contributed by atoms with Gasteiger partial charge in [-0.25, -0.2) is 23.1 Å². The summed E-state index contributed by atoms with van der Waals surface area (Å²) in [5.74, 6) is -0.256. The Balaban J connectivity index is 1.63. The van der Waals surface area contributed by atoms with Gasteiger partial charge in [0.15, 0.2) is 5.16 Å². The maximum Gasteiger partial charge on any atom is 0.264 e. The Labute approximate surface area is 165 Å². The molecular formula is C16H17N7O3S2. The molecule has 0 radical (unpaired) electrons. The molecule has 146 valence electrons. The lowest BCUT2D eigenvalue weighted by molar-refractivity contribution is -0.115. The minimum absolute atomic E-state index is 0.0190. The van der Waals surface area contributed by atoms with Crippen LogP contribution in [0.15, 0.2) is 59.1 Å². The number of anilines is 2. The molecule has 1 unspecified atom stereocenters. The highest BCUT2D eigenvalue weighted by atomic mass is 32.2. The Kier molecular flexibility index (Phi) is 5.90. The largest absolute Gasteiger partial charge is 0.325 e. The first-order chi connectivity index (χ1) is 13.3. The van der Waals surface area contributed by atoms with E-state index in [1.807, 2.05) is 0 Å². The van der Waals surface area contributed by atoms with Crippen LogP contribution in [-0.4, -0.2) is 44.3 Å². The Bertz CT molecular complexity index is 1050. The van der Waals surface area contributed by atoms with Crippen LogP contribution in [0.1, 0.15) is 6.92 Å². The summed E-state index contributed by atoms with van der Waals surface area (Å²) in [5.41, 5.74) is 0.477. The number of hydrogen-bond donors (Lipinski definition) is 2. The average Bonchev–Trinajstić information content (AvgIpc) is 3.07. The van der Waals surface area contributed by atoms with E-state index in [4.69, 9.17) is 0 Å². The molecule has 2 heterocycles. The lowest BCUT2D eigenvalue weighted by Crippen LogP contribution is -2.23. The van der Waals surface area contributed by atoms with Crippen LogP contribution in [0.3, 0.4) is 0 Å². The molecule has 0 spiro atoms. The van der Waals surface area contributed by atoms with Gasteiger partial charge in [0, 0.05) is 25.1 Å². The van der Waals surface area contributed by atoms with Gasteiger partial charge in [0.05, 0.1) is 10.1 Å². The molecule has 0 aliphatic rings. The van der Waals surface area contributed by atoms with Crippen molar-refractivity contribution in [2.45, 2.75) is 22.2 Å². The molecule has 2 aromatic heterocycles. The number of thioether (sulfide) groups is 1. The number of hydrogen-bond acceptors (Lipinski definition) is 8. The Hall–Kier alpha value is -2.99. The van der Waals surface area contributed by atoms with Crippen molar-refractivity contribution < 1.29 is 13.2 Å². The summed E-state index contributed by atoms with van der Waals surface area (Å²) < 4.78 is 28.7. The van der Waals surface area contributed by atoms with E-state index in [0.29, 0.717) is 10.8 Å². The summed E-state index contributed by atoms with van der Waals surface area (Å²) in [6.07, 6.45) is 4.42. The third-order valence-electron chi connectivity index (χ3n) is 3.54. The molecule has 3 rings (SSSR count). The number of amides is 1. The van der Waals surface area contributed by atoms with Crippen LogP contribution in [-0.2, 0) is 21.9 Å². The molecular weight excluding hydrogens is 402 g/mol. The second-order valence-corrected chi connectivity index (χ2v) is 8.67. The third kappa shape index (κ3) is 4.84. The topological polar surface area (TPSA) is 132 Å². The van der Waals surface area contributed by atoms with Gasteiger partial charge in [0.25, 0.3) is 10.0 Å². The quantitative estimate of drug-likeness (QED) is 0.551. The zero-order chi connectivity index (χ0) is 20.1. The van der Waals surface area contributed by atoms with E-state index in [1.54, 1.807) is 30.9 Å². The van der Waals surface area contributed by atoms with Crippen LogP contribution in [0, 0.1) is 0 Å². The van der Waals surface area contributed by atoms with Crippen LogP contribution < -0.4 is 10.0 Å². The second-order valence-electron chi connectivity index (χ2n) is 5.68. The summed E-state index contributed by atoms with van der Waals surface area (Å²) in [6, 6.07) is 7.39. The monoisotopic (exact) mass is 419 g/mol. The molecule has 28 heavy (non-hydrogen) atoms. The molecule has 10 nitrogen and oxygen atoms in total. The lowest BCUT2D eigenvalue weighted by atomic mass is 10.3. The zero-order valence-electron chi connectivity index (χ0n) is 15.0. The molecule has 2 N–H and O–H groups in total. The van der Waals surface area contributed by atoms with Gasteiger partial charge in [-0.15, -0.1) is 10.2 Å². The molecule has 1 aromatic carbocycles. The second kappa shape index (κ2) is 8.35. The summed E-state index contributed by atoms with van der Waals surface area (Å²) in [5, 5.41) is 10.7. The standard InChI is InChI=1S/C16H17N7O3S2/c1-11(27-16-21-19-10-23(16)2)14(24)20-12-4-6-13(7-5-12)28(25,26)22-15-17-8-3-9-18-15/h3-11H,1-2H3,(H,20,24)(H,17,18,22). The number of benzene rings is 1. The number of carbonyl (C=O) groups is 1. The average molecular weight is 419 g/mol. The Morgan fingerprint density at radius 3 is 2.46 bits per heavy atom. The highest BCUT2D eigenvalue weighted by molar-refractivity contribution is 8.00. The van der Waals surface area contributed by atoms with Crippen molar-refractivity contribution in [3.05, 3.63) is 49.1 Å². The van der Waals surface area contributed by atoms with Crippen LogP contribution in [0.2, 0.25) is 0 Å². The smallest absolute Gasteiger partial charge is 0.264 e. The van der Waals surface area contributed by atoms with Gasteiger partial charge in [-0.3, -0.25) is 4.79 Å². The first-order valence-corrected chi connectivity index (χ1v) is 10.4. The predicted molar refractivity (Wildman–Crippen MR) is 104 cm³/mol. The molecule has 3 aromatic rings. The van der Waals surface area contributed by atoms with E-state index in [0.717, 1.165) is 0 Å². The van der Waals surface area contributed by atoms with Crippen molar-refractivity contribution in [2.24, 2.45) is 7.05 Å². The van der Waals surface area contributed by atoms with E-state index in [9.17, 15) is 13.2 Å². The highest BCUT2D eigenvalue weighted by Crippen LogP contribution is 2.22. The molecule has 0 bridgehead atoms. The first kappa shape index (κ1) is 19.8. The normalized spacial score (nSPS) is 12.4. The maximum absolute atomic E-state index is 12.4. The fraction of sp³-hybridized carbons (Fsp3) is 0.188. The third-order valence-corrected chi connectivity index (χ3v) is 6.04. The fourth-order valence-corrected chi connectivity index (χ4v) is 3.83. The molecule has 0 saturated carbocycles. The van der Waals surface area contributed by atoms with Crippen LogP contribution in [0.4, 0.5) is 11.6 Å². The number of nitrogens with one attached hydrogen (secondary N) is 2. The fourth-order valence-electron chi connectivity index (χ4n) is 2.08. The number of sulfonamides is 1. The van der Waals surface area contributed by atoms with E-state index < -0.39 is 15.3 Å². The minimum atomic E-state index is -3.82. The van der Waals surface area contributed by atoms with E-state index in [1.165, 1.54) is 48.4 Å². The molecule has 12 heteroatoms.